The molecule has 0 saturated carbocycles. The lowest BCUT2D eigenvalue weighted by Crippen LogP contribution is -2.27. The molecule has 0 bridgehead atoms. The number of nitrogens with zero attached hydrogens (tertiary/aromatic N) is 3. The lowest BCUT2D eigenvalue weighted by molar-refractivity contribution is 0.0988. The average molecular weight is 376 g/mol. The summed E-state index contributed by atoms with van der Waals surface area (Å²) in [5.74, 6) is 1.70. The summed E-state index contributed by atoms with van der Waals surface area (Å²) in [5, 5.41) is 3.22. The van der Waals surface area contributed by atoms with Crippen LogP contribution in [0, 0.1) is 6.92 Å². The van der Waals surface area contributed by atoms with E-state index < -0.39 is 0 Å². The van der Waals surface area contributed by atoms with E-state index in [0.717, 1.165) is 17.1 Å². The van der Waals surface area contributed by atoms with Gasteiger partial charge in [0.05, 0.1) is 6.10 Å². The molecular weight excluding hydrogens is 352 g/mol. The third-order valence-electron chi connectivity index (χ3n) is 4.00. The van der Waals surface area contributed by atoms with Crippen molar-refractivity contribution in [2.24, 2.45) is 0 Å². The summed E-state index contributed by atoms with van der Waals surface area (Å²) in [4.78, 5) is 23.1. The van der Waals surface area contributed by atoms with Gasteiger partial charge < -0.3 is 15.0 Å². The largest absolute Gasteiger partial charge is 0.491 e. The zero-order chi connectivity index (χ0) is 20.1. The van der Waals surface area contributed by atoms with E-state index in [4.69, 9.17) is 4.74 Å². The summed E-state index contributed by atoms with van der Waals surface area (Å²) in [6.45, 7) is 5.74. The molecule has 0 aliphatic heterocycles. The molecule has 0 unspecified atom stereocenters. The van der Waals surface area contributed by atoms with Crippen molar-refractivity contribution in [2.75, 3.05) is 17.3 Å². The molecule has 0 saturated heterocycles. The summed E-state index contributed by atoms with van der Waals surface area (Å²) in [6, 6.07) is 18.7. The number of carbonyl (C=O) groups excluding carboxylic acids is 1. The maximum Gasteiger partial charge on any atom is 0.276 e. The van der Waals surface area contributed by atoms with Crippen molar-refractivity contribution in [3.8, 4) is 5.75 Å². The third kappa shape index (κ3) is 4.85. The van der Waals surface area contributed by atoms with E-state index >= 15 is 0 Å². The maximum absolute atomic E-state index is 12.8. The monoisotopic (exact) mass is 376 g/mol. The van der Waals surface area contributed by atoms with Gasteiger partial charge in [0.25, 0.3) is 5.91 Å². The summed E-state index contributed by atoms with van der Waals surface area (Å²) in [6.07, 6.45) is 0.124. The van der Waals surface area contributed by atoms with Gasteiger partial charge in [0.2, 0.25) is 0 Å². The van der Waals surface area contributed by atoms with Gasteiger partial charge in [0.1, 0.15) is 23.1 Å². The van der Waals surface area contributed by atoms with E-state index in [1.165, 1.54) is 0 Å². The molecule has 144 valence electrons. The van der Waals surface area contributed by atoms with E-state index in [1.54, 1.807) is 24.9 Å². The summed E-state index contributed by atoms with van der Waals surface area (Å²) in [7, 11) is 1.73. The molecule has 0 fully saturated rings. The van der Waals surface area contributed by atoms with Gasteiger partial charge in [-0.05, 0) is 57.2 Å². The highest BCUT2D eigenvalue weighted by Crippen LogP contribution is 2.21. The number of anilines is 3. The highest BCUT2D eigenvalue weighted by atomic mass is 16.5. The number of rotatable bonds is 6. The van der Waals surface area contributed by atoms with Crippen molar-refractivity contribution < 1.29 is 9.53 Å². The Morgan fingerprint density at radius 1 is 1.04 bits per heavy atom. The number of benzene rings is 2. The molecule has 3 rings (SSSR count). The third-order valence-corrected chi connectivity index (χ3v) is 4.00. The van der Waals surface area contributed by atoms with E-state index in [-0.39, 0.29) is 12.0 Å². The first-order chi connectivity index (χ1) is 13.4. The Balaban J connectivity index is 1.78. The quantitative estimate of drug-likeness (QED) is 0.681. The number of aromatic nitrogens is 2. The topological polar surface area (TPSA) is 67.4 Å². The number of carbonyl (C=O) groups is 1. The number of amides is 1. The normalized spacial score (nSPS) is 10.6. The number of hydrogen-bond acceptors (Lipinski definition) is 5. The van der Waals surface area contributed by atoms with Crippen molar-refractivity contribution in [2.45, 2.75) is 26.9 Å². The first-order valence-corrected chi connectivity index (χ1v) is 9.15. The van der Waals surface area contributed by atoms with Gasteiger partial charge in [-0.2, -0.15) is 0 Å². The molecule has 3 aromatic rings. The Hall–Kier alpha value is -3.41. The molecule has 1 N–H and O–H groups in total. The molecule has 0 radical (unpaired) electrons. The summed E-state index contributed by atoms with van der Waals surface area (Å²) >= 11 is 0. The van der Waals surface area contributed by atoms with Crippen molar-refractivity contribution in [1.82, 2.24) is 9.97 Å². The Morgan fingerprint density at radius 3 is 2.36 bits per heavy atom. The lowest BCUT2D eigenvalue weighted by atomic mass is 10.2. The molecule has 1 heterocycles. The highest BCUT2D eigenvalue weighted by molar-refractivity contribution is 6.04. The predicted molar refractivity (Wildman–Crippen MR) is 111 cm³/mol. The fraction of sp³-hybridized carbons (Fsp3) is 0.227. The van der Waals surface area contributed by atoms with Crippen LogP contribution in [0.2, 0.25) is 0 Å². The first kappa shape index (κ1) is 19.4. The van der Waals surface area contributed by atoms with Gasteiger partial charge in [0, 0.05) is 24.5 Å². The van der Waals surface area contributed by atoms with Gasteiger partial charge in [-0.25, -0.2) is 9.97 Å². The van der Waals surface area contributed by atoms with Crippen LogP contribution in [0.25, 0.3) is 0 Å². The molecule has 1 aromatic heterocycles. The van der Waals surface area contributed by atoms with Crippen LogP contribution in [0.15, 0.2) is 60.7 Å². The minimum absolute atomic E-state index is 0.124. The van der Waals surface area contributed by atoms with Crippen LogP contribution in [0.3, 0.4) is 0 Å². The second-order valence-electron chi connectivity index (χ2n) is 6.70. The Morgan fingerprint density at radius 2 is 1.71 bits per heavy atom. The van der Waals surface area contributed by atoms with Crippen molar-refractivity contribution in [3.63, 3.8) is 0 Å². The van der Waals surface area contributed by atoms with Gasteiger partial charge in [-0.3, -0.25) is 4.79 Å². The number of ether oxygens (including phenoxy) is 1. The Labute approximate surface area is 165 Å². The fourth-order valence-corrected chi connectivity index (χ4v) is 2.72. The van der Waals surface area contributed by atoms with Crippen molar-refractivity contribution >= 4 is 23.1 Å². The van der Waals surface area contributed by atoms with E-state index in [1.807, 2.05) is 68.4 Å². The molecular formula is C22H24N4O2. The summed E-state index contributed by atoms with van der Waals surface area (Å²) < 4.78 is 5.65. The minimum atomic E-state index is -0.194. The van der Waals surface area contributed by atoms with E-state index in [9.17, 15) is 4.79 Å². The number of hydrogen-bond donors (Lipinski definition) is 1. The maximum atomic E-state index is 12.8. The van der Waals surface area contributed by atoms with Crippen molar-refractivity contribution in [3.05, 3.63) is 72.2 Å². The first-order valence-electron chi connectivity index (χ1n) is 9.15. The van der Waals surface area contributed by atoms with Gasteiger partial charge in [-0.1, -0.05) is 18.2 Å². The van der Waals surface area contributed by atoms with Crippen LogP contribution in [0.4, 0.5) is 17.2 Å². The number of aryl methyl sites for hydroxylation is 1. The number of nitrogens with one attached hydrogen (secondary N) is 1. The zero-order valence-corrected chi connectivity index (χ0v) is 16.5. The minimum Gasteiger partial charge on any atom is -0.491 e. The molecule has 0 atom stereocenters. The highest BCUT2D eigenvalue weighted by Gasteiger charge is 2.16. The molecule has 0 aliphatic carbocycles. The van der Waals surface area contributed by atoms with Crippen molar-refractivity contribution in [1.29, 1.82) is 0 Å². The Bertz CT molecular complexity index is 941. The predicted octanol–water partition coefficient (Wildman–Crippen LogP) is 4.59. The van der Waals surface area contributed by atoms with Crippen LogP contribution in [-0.4, -0.2) is 29.0 Å². The second kappa shape index (κ2) is 8.52. The Kier molecular flexibility index (Phi) is 5.89. The molecule has 2 aromatic carbocycles. The van der Waals surface area contributed by atoms with E-state index in [2.05, 4.69) is 15.3 Å². The van der Waals surface area contributed by atoms with Gasteiger partial charge >= 0.3 is 0 Å². The number of para-hydroxylation sites is 1. The molecule has 6 nitrogen and oxygen atoms in total. The van der Waals surface area contributed by atoms with Crippen LogP contribution in [0.1, 0.15) is 30.2 Å². The lowest BCUT2D eigenvalue weighted by Gasteiger charge is -2.17. The molecule has 0 aliphatic rings. The smallest absolute Gasteiger partial charge is 0.276 e. The standard InChI is InChI=1S/C22H24N4O2/c1-15(2)28-19-12-10-17(11-13-19)25-21-14-20(23-16(3)24-21)22(27)26(4)18-8-6-5-7-9-18/h5-15H,1-4H3,(H,23,24,25). The van der Waals surface area contributed by atoms with Crippen LogP contribution in [0.5, 0.6) is 5.75 Å². The summed E-state index contributed by atoms with van der Waals surface area (Å²) in [5.41, 5.74) is 1.99. The van der Waals surface area contributed by atoms with E-state index in [0.29, 0.717) is 17.3 Å². The molecule has 0 spiro atoms. The fourth-order valence-electron chi connectivity index (χ4n) is 2.72. The molecule has 1 amide bonds. The van der Waals surface area contributed by atoms with Crippen LogP contribution < -0.4 is 15.0 Å². The zero-order valence-electron chi connectivity index (χ0n) is 16.5. The molecule has 28 heavy (non-hydrogen) atoms. The second-order valence-corrected chi connectivity index (χ2v) is 6.70. The van der Waals surface area contributed by atoms with Gasteiger partial charge in [0.15, 0.2) is 0 Å². The average Bonchev–Trinajstić information content (AvgIpc) is 2.68. The van der Waals surface area contributed by atoms with Crippen LogP contribution in [-0.2, 0) is 0 Å². The molecule has 6 heteroatoms. The SMILES string of the molecule is Cc1nc(Nc2ccc(OC(C)C)cc2)cc(C(=O)N(C)c2ccccc2)n1. The van der Waals surface area contributed by atoms with Gasteiger partial charge in [-0.15, -0.1) is 0 Å². The van der Waals surface area contributed by atoms with Crippen LogP contribution >= 0.6 is 0 Å².